The largest absolute Gasteiger partial charge is 0.372 e. The molecule has 1 amide bonds. The minimum absolute atomic E-state index is 0.0779. The van der Waals surface area contributed by atoms with Gasteiger partial charge in [0.15, 0.2) is 0 Å². The van der Waals surface area contributed by atoms with Crippen molar-refractivity contribution in [1.29, 1.82) is 0 Å². The van der Waals surface area contributed by atoms with Crippen molar-refractivity contribution in [2.75, 3.05) is 46.0 Å². The fourth-order valence-corrected chi connectivity index (χ4v) is 4.26. The van der Waals surface area contributed by atoms with Crippen molar-refractivity contribution in [1.82, 2.24) is 14.8 Å². The summed E-state index contributed by atoms with van der Waals surface area (Å²) in [6.45, 7) is 6.14. The zero-order valence-corrected chi connectivity index (χ0v) is 14.7. The predicted octanol–water partition coefficient (Wildman–Crippen LogP) is 1.31. The monoisotopic (exact) mass is 345 g/mol. The first kappa shape index (κ1) is 16.9. The van der Waals surface area contributed by atoms with Crippen LogP contribution in [0.4, 0.5) is 0 Å². The fourth-order valence-electron chi connectivity index (χ4n) is 4.26. The third-order valence-electron chi connectivity index (χ3n) is 5.70. The van der Waals surface area contributed by atoms with Crippen LogP contribution in [0.1, 0.15) is 25.0 Å². The highest BCUT2D eigenvalue weighted by Gasteiger charge is 2.52. The quantitative estimate of drug-likeness (QED) is 0.778. The van der Waals surface area contributed by atoms with Crippen LogP contribution in [-0.2, 0) is 20.8 Å². The lowest BCUT2D eigenvalue weighted by molar-refractivity contribution is -0.151. The van der Waals surface area contributed by atoms with E-state index in [1.54, 1.807) is 0 Å². The highest BCUT2D eigenvalue weighted by molar-refractivity contribution is 5.77. The van der Waals surface area contributed by atoms with Crippen LogP contribution in [0, 0.1) is 5.92 Å². The summed E-state index contributed by atoms with van der Waals surface area (Å²) in [6.07, 6.45) is 5.11. The summed E-state index contributed by atoms with van der Waals surface area (Å²) in [5.74, 6) is 0.523. The topological polar surface area (TPSA) is 54.9 Å². The minimum atomic E-state index is -0.0779. The molecule has 1 spiro atoms. The van der Waals surface area contributed by atoms with Gasteiger partial charge in [-0.05, 0) is 31.4 Å². The van der Waals surface area contributed by atoms with Crippen molar-refractivity contribution in [2.24, 2.45) is 5.92 Å². The first-order valence-corrected chi connectivity index (χ1v) is 9.37. The highest BCUT2D eigenvalue weighted by Crippen LogP contribution is 2.40. The van der Waals surface area contributed by atoms with Gasteiger partial charge in [-0.3, -0.25) is 14.7 Å². The number of rotatable bonds is 6. The summed E-state index contributed by atoms with van der Waals surface area (Å²) in [5, 5.41) is 0. The van der Waals surface area contributed by atoms with Gasteiger partial charge in [0.2, 0.25) is 5.91 Å². The molecular weight excluding hydrogens is 318 g/mol. The van der Waals surface area contributed by atoms with Gasteiger partial charge in [-0.1, -0.05) is 6.07 Å². The number of likely N-dealkylation sites (tertiary alicyclic amines) is 2. The normalized spacial score (nSPS) is 25.4. The fraction of sp³-hybridized carbons (Fsp3) is 0.684. The molecule has 6 heteroatoms. The van der Waals surface area contributed by atoms with Crippen LogP contribution in [0.3, 0.4) is 0 Å². The Balaban J connectivity index is 1.22. The Morgan fingerprint density at radius 2 is 2.16 bits per heavy atom. The lowest BCUT2D eigenvalue weighted by Gasteiger charge is -2.50. The Kier molecular flexibility index (Phi) is 5.01. The van der Waals surface area contributed by atoms with Crippen molar-refractivity contribution < 1.29 is 14.3 Å². The number of amides is 1. The molecule has 4 rings (SSSR count). The van der Waals surface area contributed by atoms with Crippen LogP contribution in [-0.4, -0.2) is 72.3 Å². The molecule has 6 nitrogen and oxygen atoms in total. The maximum absolute atomic E-state index is 12.1. The van der Waals surface area contributed by atoms with Crippen LogP contribution in [0.15, 0.2) is 24.4 Å². The second-order valence-corrected chi connectivity index (χ2v) is 7.47. The predicted molar refractivity (Wildman–Crippen MR) is 92.9 cm³/mol. The van der Waals surface area contributed by atoms with Gasteiger partial charge in [-0.15, -0.1) is 0 Å². The number of ether oxygens (including phenoxy) is 2. The molecule has 0 N–H and O–H groups in total. The van der Waals surface area contributed by atoms with E-state index in [2.05, 4.69) is 16.0 Å². The summed E-state index contributed by atoms with van der Waals surface area (Å²) in [7, 11) is 0. The molecule has 0 bridgehead atoms. The summed E-state index contributed by atoms with van der Waals surface area (Å²) >= 11 is 0. The van der Waals surface area contributed by atoms with Gasteiger partial charge < -0.3 is 14.4 Å². The molecule has 1 aromatic heterocycles. The molecule has 0 aromatic carbocycles. The zero-order valence-electron chi connectivity index (χ0n) is 14.7. The Morgan fingerprint density at radius 1 is 1.32 bits per heavy atom. The first-order chi connectivity index (χ1) is 12.3. The van der Waals surface area contributed by atoms with Gasteiger partial charge in [0.25, 0.3) is 0 Å². The number of carbonyl (C=O) groups is 1. The Hall–Kier alpha value is -1.50. The molecule has 4 heterocycles. The molecule has 3 saturated heterocycles. The van der Waals surface area contributed by atoms with E-state index in [0.29, 0.717) is 12.5 Å². The Bertz CT molecular complexity index is 583. The maximum atomic E-state index is 12.1. The van der Waals surface area contributed by atoms with Crippen LogP contribution in [0.5, 0.6) is 0 Å². The molecule has 3 aliphatic rings. The third kappa shape index (κ3) is 3.71. The summed E-state index contributed by atoms with van der Waals surface area (Å²) in [6, 6.07) is 6.03. The van der Waals surface area contributed by atoms with Gasteiger partial charge in [0.1, 0.15) is 6.61 Å². The van der Waals surface area contributed by atoms with Crippen molar-refractivity contribution in [3.05, 3.63) is 30.1 Å². The van der Waals surface area contributed by atoms with E-state index in [0.717, 1.165) is 64.3 Å². The second kappa shape index (κ2) is 7.40. The average Bonchev–Trinajstić information content (AvgIpc) is 3.25. The zero-order chi connectivity index (χ0) is 17.1. The summed E-state index contributed by atoms with van der Waals surface area (Å²) < 4.78 is 11.9. The number of hydrogen-bond acceptors (Lipinski definition) is 5. The summed E-state index contributed by atoms with van der Waals surface area (Å²) in [4.78, 5) is 20.8. The van der Waals surface area contributed by atoms with Crippen molar-refractivity contribution in [3.8, 4) is 0 Å². The number of carbonyl (C=O) groups excluding carboxylic acids is 1. The van der Waals surface area contributed by atoms with Crippen molar-refractivity contribution >= 4 is 5.91 Å². The molecule has 0 saturated carbocycles. The van der Waals surface area contributed by atoms with E-state index in [1.807, 2.05) is 23.2 Å². The average molecular weight is 345 g/mol. The van der Waals surface area contributed by atoms with Gasteiger partial charge >= 0.3 is 0 Å². The summed E-state index contributed by atoms with van der Waals surface area (Å²) in [5.41, 5.74) is 1.02. The number of hydrogen-bond donors (Lipinski definition) is 0. The van der Waals surface area contributed by atoms with Crippen LogP contribution < -0.4 is 0 Å². The van der Waals surface area contributed by atoms with Crippen molar-refractivity contribution in [3.63, 3.8) is 0 Å². The van der Waals surface area contributed by atoms with E-state index in [9.17, 15) is 4.79 Å². The van der Waals surface area contributed by atoms with Gasteiger partial charge in [-0.2, -0.15) is 0 Å². The first-order valence-electron chi connectivity index (χ1n) is 9.37. The van der Waals surface area contributed by atoms with Crippen molar-refractivity contribution in [2.45, 2.75) is 31.4 Å². The van der Waals surface area contributed by atoms with E-state index in [1.165, 1.54) is 0 Å². The minimum Gasteiger partial charge on any atom is -0.372 e. The third-order valence-corrected chi connectivity index (χ3v) is 5.70. The van der Waals surface area contributed by atoms with Gasteiger partial charge in [0.05, 0.1) is 17.9 Å². The Labute approximate surface area is 149 Å². The maximum Gasteiger partial charge on any atom is 0.248 e. The second-order valence-electron chi connectivity index (χ2n) is 7.47. The van der Waals surface area contributed by atoms with E-state index in [4.69, 9.17) is 9.47 Å². The number of nitrogens with zero attached hydrogens (tertiary/aromatic N) is 3. The SMILES string of the molecule is O=C(COC[C@@H]1CCOC12CN(Cc1ccccn1)C2)N1CCCC1. The van der Waals surface area contributed by atoms with Gasteiger partial charge in [0, 0.05) is 51.4 Å². The molecule has 3 aliphatic heterocycles. The number of aromatic nitrogens is 1. The van der Waals surface area contributed by atoms with Crippen LogP contribution >= 0.6 is 0 Å². The molecule has 0 radical (unpaired) electrons. The van der Waals surface area contributed by atoms with Crippen LogP contribution in [0.2, 0.25) is 0 Å². The smallest absolute Gasteiger partial charge is 0.248 e. The molecule has 1 atom stereocenters. The molecule has 136 valence electrons. The highest BCUT2D eigenvalue weighted by atomic mass is 16.5. The molecule has 3 fully saturated rings. The lowest BCUT2D eigenvalue weighted by atomic mass is 9.81. The van der Waals surface area contributed by atoms with E-state index >= 15 is 0 Å². The standard InChI is InChI=1S/C19H27N3O3/c23-18(22-8-3-4-9-22)13-24-12-16-6-10-25-19(16)14-21(15-19)11-17-5-1-2-7-20-17/h1-2,5,7,16H,3-4,6,8-15H2/t16-/m0/s1. The van der Waals surface area contributed by atoms with Crippen LogP contribution in [0.25, 0.3) is 0 Å². The molecule has 0 unspecified atom stereocenters. The van der Waals surface area contributed by atoms with E-state index in [-0.39, 0.29) is 18.1 Å². The Morgan fingerprint density at radius 3 is 2.92 bits per heavy atom. The molecule has 25 heavy (non-hydrogen) atoms. The molecular formula is C19H27N3O3. The number of pyridine rings is 1. The van der Waals surface area contributed by atoms with E-state index < -0.39 is 0 Å². The lowest BCUT2D eigenvalue weighted by Crippen LogP contribution is -2.64. The van der Waals surface area contributed by atoms with Gasteiger partial charge in [-0.25, -0.2) is 0 Å². The molecule has 0 aliphatic carbocycles. The molecule has 1 aromatic rings.